The van der Waals surface area contributed by atoms with Gasteiger partial charge in [0, 0.05) is 18.0 Å². The summed E-state index contributed by atoms with van der Waals surface area (Å²) in [5, 5.41) is 9.00. The molecule has 0 atom stereocenters. The zero-order valence-corrected chi connectivity index (χ0v) is 11.2. The van der Waals surface area contributed by atoms with Crippen molar-refractivity contribution in [3.05, 3.63) is 48.3 Å². The first-order valence-electron chi connectivity index (χ1n) is 6.72. The van der Waals surface area contributed by atoms with Crippen molar-refractivity contribution in [1.82, 2.24) is 9.55 Å². The van der Waals surface area contributed by atoms with Crippen LogP contribution in [0.3, 0.4) is 0 Å². The Morgan fingerprint density at radius 2 is 2.30 bits per heavy atom. The average Bonchev–Trinajstić information content (AvgIpc) is 3.26. The second kappa shape index (κ2) is 4.86. The molecule has 0 saturated heterocycles. The van der Waals surface area contributed by atoms with Crippen LogP contribution < -0.4 is 5.73 Å². The summed E-state index contributed by atoms with van der Waals surface area (Å²) < 4.78 is 2.03. The van der Waals surface area contributed by atoms with Crippen molar-refractivity contribution in [2.45, 2.75) is 25.3 Å². The van der Waals surface area contributed by atoms with Gasteiger partial charge in [0.1, 0.15) is 17.3 Å². The quantitative estimate of drug-likeness (QED) is 0.863. The van der Waals surface area contributed by atoms with Gasteiger partial charge in [0.2, 0.25) is 0 Å². The summed E-state index contributed by atoms with van der Waals surface area (Å²) in [6.45, 7) is 4.45. The molecule has 1 aliphatic rings. The van der Waals surface area contributed by atoms with E-state index in [-0.39, 0.29) is 0 Å². The van der Waals surface area contributed by atoms with Gasteiger partial charge in [-0.15, -0.1) is 6.58 Å². The van der Waals surface area contributed by atoms with E-state index in [2.05, 4.69) is 12.6 Å². The van der Waals surface area contributed by atoms with E-state index < -0.39 is 0 Å². The minimum atomic E-state index is 0.519. The van der Waals surface area contributed by atoms with Crippen LogP contribution in [0.4, 0.5) is 5.82 Å². The van der Waals surface area contributed by atoms with Crippen LogP contribution in [0, 0.1) is 11.3 Å². The summed E-state index contributed by atoms with van der Waals surface area (Å²) in [6.07, 6.45) is 4.18. The van der Waals surface area contributed by atoms with Crippen molar-refractivity contribution < 1.29 is 0 Å². The molecule has 100 valence electrons. The van der Waals surface area contributed by atoms with Gasteiger partial charge >= 0.3 is 0 Å². The monoisotopic (exact) mass is 264 g/mol. The summed E-state index contributed by atoms with van der Waals surface area (Å²) in [5.74, 6) is 2.21. The molecule has 1 fully saturated rings. The Hall–Kier alpha value is -2.54. The Morgan fingerprint density at radius 1 is 1.50 bits per heavy atom. The smallest absolute Gasteiger partial charge is 0.132 e. The maximum atomic E-state index is 9.00. The Bertz CT molecular complexity index is 702. The fraction of sp³-hybridized carbons (Fsp3) is 0.250. The first-order valence-corrected chi connectivity index (χ1v) is 6.72. The van der Waals surface area contributed by atoms with E-state index in [0.29, 0.717) is 23.8 Å². The van der Waals surface area contributed by atoms with Crippen LogP contribution in [0.15, 0.2) is 36.9 Å². The summed E-state index contributed by atoms with van der Waals surface area (Å²) >= 11 is 0. The van der Waals surface area contributed by atoms with Crippen LogP contribution in [0.1, 0.15) is 30.1 Å². The largest absolute Gasteiger partial charge is 0.383 e. The molecule has 2 aromatic rings. The van der Waals surface area contributed by atoms with E-state index in [4.69, 9.17) is 16.0 Å². The Morgan fingerprint density at radius 3 is 2.95 bits per heavy atom. The second-order valence-corrected chi connectivity index (χ2v) is 5.07. The van der Waals surface area contributed by atoms with E-state index in [1.165, 1.54) is 12.8 Å². The topological polar surface area (TPSA) is 67.6 Å². The highest BCUT2D eigenvalue weighted by atomic mass is 15.1. The maximum absolute atomic E-state index is 9.00. The number of allylic oxidation sites excluding steroid dienone is 1. The number of hydrogen-bond donors (Lipinski definition) is 1. The third-order valence-electron chi connectivity index (χ3n) is 3.56. The highest BCUT2D eigenvalue weighted by Gasteiger charge is 2.30. The third-order valence-corrected chi connectivity index (χ3v) is 3.56. The number of nitrogen functional groups attached to an aromatic ring is 1. The lowest BCUT2D eigenvalue weighted by molar-refractivity contribution is 0.750. The lowest BCUT2D eigenvalue weighted by atomic mass is 10.1. The number of imidazole rings is 1. The van der Waals surface area contributed by atoms with Crippen LogP contribution >= 0.6 is 0 Å². The zero-order valence-electron chi connectivity index (χ0n) is 11.2. The molecule has 0 radical (unpaired) electrons. The first-order chi connectivity index (χ1) is 9.74. The van der Waals surface area contributed by atoms with Gasteiger partial charge < -0.3 is 10.3 Å². The summed E-state index contributed by atoms with van der Waals surface area (Å²) in [6, 6.07) is 9.55. The average molecular weight is 264 g/mol. The van der Waals surface area contributed by atoms with Crippen LogP contribution in [-0.2, 0) is 6.54 Å². The van der Waals surface area contributed by atoms with Crippen LogP contribution in [0.5, 0.6) is 0 Å². The first kappa shape index (κ1) is 12.5. The molecule has 0 spiro atoms. The van der Waals surface area contributed by atoms with Gasteiger partial charge in [0.15, 0.2) is 0 Å². The maximum Gasteiger partial charge on any atom is 0.132 e. The van der Waals surface area contributed by atoms with Crippen molar-refractivity contribution in [2.24, 2.45) is 0 Å². The van der Waals surface area contributed by atoms with Gasteiger partial charge in [-0.3, -0.25) is 0 Å². The fourth-order valence-electron chi connectivity index (χ4n) is 2.41. The second-order valence-electron chi connectivity index (χ2n) is 5.07. The molecule has 4 nitrogen and oxygen atoms in total. The molecule has 0 unspecified atom stereocenters. The zero-order chi connectivity index (χ0) is 14.1. The minimum Gasteiger partial charge on any atom is -0.383 e. The Balaban J connectivity index is 2.11. The molecule has 3 rings (SSSR count). The highest BCUT2D eigenvalue weighted by Crippen LogP contribution is 2.42. The molecule has 1 aliphatic carbocycles. The molecule has 20 heavy (non-hydrogen) atoms. The van der Waals surface area contributed by atoms with E-state index in [1.54, 1.807) is 6.07 Å². The van der Waals surface area contributed by atoms with Crippen molar-refractivity contribution in [3.8, 4) is 17.3 Å². The van der Waals surface area contributed by atoms with Crippen molar-refractivity contribution >= 4 is 5.82 Å². The van der Waals surface area contributed by atoms with Crippen molar-refractivity contribution in [1.29, 1.82) is 5.26 Å². The van der Waals surface area contributed by atoms with Gasteiger partial charge in [-0.1, -0.05) is 18.2 Å². The van der Waals surface area contributed by atoms with E-state index in [0.717, 1.165) is 17.1 Å². The third kappa shape index (κ3) is 2.08. The summed E-state index contributed by atoms with van der Waals surface area (Å²) in [5.41, 5.74) is 8.53. The summed E-state index contributed by atoms with van der Waals surface area (Å²) in [4.78, 5) is 4.72. The molecule has 1 heterocycles. The molecule has 0 bridgehead atoms. The Kier molecular flexibility index (Phi) is 3.03. The highest BCUT2D eigenvalue weighted by molar-refractivity contribution is 5.72. The van der Waals surface area contributed by atoms with Gasteiger partial charge in [-0.05, 0) is 25.0 Å². The van der Waals surface area contributed by atoms with Gasteiger partial charge in [0.05, 0.1) is 11.6 Å². The number of nitriles is 1. The molecule has 4 heteroatoms. The number of nitrogens with two attached hydrogens (primary N) is 1. The molecule has 0 aliphatic heterocycles. The van der Waals surface area contributed by atoms with Crippen LogP contribution in [-0.4, -0.2) is 9.55 Å². The number of hydrogen-bond acceptors (Lipinski definition) is 3. The van der Waals surface area contributed by atoms with Crippen molar-refractivity contribution in [2.75, 3.05) is 5.73 Å². The number of aromatic nitrogens is 2. The minimum absolute atomic E-state index is 0.519. The lowest BCUT2D eigenvalue weighted by Gasteiger charge is -2.05. The van der Waals surface area contributed by atoms with E-state index >= 15 is 0 Å². The fourth-order valence-corrected chi connectivity index (χ4v) is 2.41. The number of nitrogens with zero attached hydrogens (tertiary/aromatic N) is 3. The molecule has 1 saturated carbocycles. The summed E-state index contributed by atoms with van der Waals surface area (Å²) in [7, 11) is 0. The predicted octanol–water partition coefficient (Wildman–Crippen LogP) is 3.07. The standard InChI is InChI=1S/C16H16N4/c1-2-8-20-15(18)14(19-16(20)12-6-7-12)13-5-3-4-11(9-13)10-17/h2-5,9,12H,1,6-8,18H2. The molecular formula is C16H16N4. The molecule has 1 aromatic heterocycles. The molecule has 0 amide bonds. The van der Waals surface area contributed by atoms with E-state index in [1.807, 2.05) is 28.8 Å². The van der Waals surface area contributed by atoms with Gasteiger partial charge in [0.25, 0.3) is 0 Å². The molecule has 2 N–H and O–H groups in total. The van der Waals surface area contributed by atoms with Crippen LogP contribution in [0.2, 0.25) is 0 Å². The van der Waals surface area contributed by atoms with E-state index in [9.17, 15) is 0 Å². The number of rotatable bonds is 4. The molecule has 1 aromatic carbocycles. The number of anilines is 1. The normalized spacial score (nSPS) is 13.9. The van der Waals surface area contributed by atoms with Gasteiger partial charge in [-0.25, -0.2) is 4.98 Å². The van der Waals surface area contributed by atoms with Crippen LogP contribution in [0.25, 0.3) is 11.3 Å². The van der Waals surface area contributed by atoms with Gasteiger partial charge in [-0.2, -0.15) is 5.26 Å². The SMILES string of the molecule is C=CCn1c(C2CC2)nc(-c2cccc(C#N)c2)c1N. The van der Waals surface area contributed by atoms with Crippen molar-refractivity contribution in [3.63, 3.8) is 0 Å². The number of benzene rings is 1. The lowest BCUT2D eigenvalue weighted by Crippen LogP contribution is -2.05. The molecular weight excluding hydrogens is 248 g/mol. The Labute approximate surface area is 118 Å². The predicted molar refractivity (Wildman–Crippen MR) is 79.0 cm³/mol.